The van der Waals surface area contributed by atoms with Crippen molar-refractivity contribution in [1.82, 2.24) is 4.90 Å². The minimum Gasteiger partial charge on any atom is -0.370 e. The average Bonchev–Trinajstić information content (AvgIpc) is 2.66. The number of amides is 2. The van der Waals surface area contributed by atoms with Crippen molar-refractivity contribution in [2.45, 2.75) is 32.2 Å². The molecule has 0 unspecified atom stereocenters. The fourth-order valence-corrected chi connectivity index (χ4v) is 3.50. The molecule has 2 rings (SSSR count). The lowest BCUT2D eigenvalue weighted by atomic mass is 10.1. The van der Waals surface area contributed by atoms with Crippen molar-refractivity contribution in [3.63, 3.8) is 0 Å². The molecule has 1 aromatic carbocycles. The van der Waals surface area contributed by atoms with Crippen LogP contribution in [0.4, 0.5) is 37.7 Å². The lowest BCUT2D eigenvalue weighted by molar-refractivity contribution is -0.154. The second-order valence-corrected chi connectivity index (χ2v) is 8.01. The van der Waals surface area contributed by atoms with Crippen LogP contribution in [-0.4, -0.2) is 68.3 Å². The van der Waals surface area contributed by atoms with E-state index in [0.717, 1.165) is 21.9 Å². The standard InChI is InChI=1S/C20H26F6N4O3/c1-12(2)9-29(11-19(21,22)23)16(8-27)18(32)28-13-3-4-15(14(7-13)20(24,25)26)30-5-6-33-10-17(30)31/h3-4,7,12,16H,5-6,8-11,27H2,1-2H3,(H,28,32)/t16-/m0/s1. The average molecular weight is 484 g/mol. The van der Waals surface area contributed by atoms with Crippen molar-refractivity contribution >= 4 is 23.2 Å². The van der Waals surface area contributed by atoms with E-state index in [9.17, 15) is 35.9 Å². The van der Waals surface area contributed by atoms with Crippen LogP contribution in [0.25, 0.3) is 0 Å². The first-order valence-corrected chi connectivity index (χ1v) is 10.1. The number of hydrogen-bond acceptors (Lipinski definition) is 5. The van der Waals surface area contributed by atoms with Gasteiger partial charge in [-0.2, -0.15) is 26.3 Å². The SMILES string of the molecule is CC(C)CN(CC(F)(F)F)[C@@H](CN)C(=O)Nc1ccc(N2CCOCC2=O)c(C(F)(F)F)c1. The number of anilines is 2. The van der Waals surface area contributed by atoms with Gasteiger partial charge in [0.15, 0.2) is 0 Å². The van der Waals surface area contributed by atoms with Gasteiger partial charge < -0.3 is 20.7 Å². The number of nitrogens with zero attached hydrogens (tertiary/aromatic N) is 2. The van der Waals surface area contributed by atoms with E-state index >= 15 is 0 Å². The molecule has 33 heavy (non-hydrogen) atoms. The van der Waals surface area contributed by atoms with Gasteiger partial charge in [0.25, 0.3) is 5.91 Å². The fourth-order valence-electron chi connectivity index (χ4n) is 3.50. The Morgan fingerprint density at radius 3 is 2.42 bits per heavy atom. The highest BCUT2D eigenvalue weighted by Gasteiger charge is 2.38. The van der Waals surface area contributed by atoms with E-state index in [-0.39, 0.29) is 37.9 Å². The Hall–Kier alpha value is -2.38. The van der Waals surface area contributed by atoms with Gasteiger partial charge in [-0.15, -0.1) is 0 Å². The second kappa shape index (κ2) is 10.7. The third-order valence-corrected chi connectivity index (χ3v) is 4.79. The number of rotatable bonds is 8. The van der Waals surface area contributed by atoms with Crippen molar-refractivity contribution in [2.75, 3.05) is 49.6 Å². The van der Waals surface area contributed by atoms with Crippen LogP contribution < -0.4 is 16.0 Å². The summed E-state index contributed by atoms with van der Waals surface area (Å²) in [5.74, 6) is -1.84. The van der Waals surface area contributed by atoms with E-state index in [1.54, 1.807) is 13.8 Å². The van der Waals surface area contributed by atoms with Crippen molar-refractivity contribution in [2.24, 2.45) is 11.7 Å². The largest absolute Gasteiger partial charge is 0.418 e. The molecule has 0 aliphatic carbocycles. The summed E-state index contributed by atoms with van der Waals surface area (Å²) in [5, 5.41) is 2.23. The zero-order valence-electron chi connectivity index (χ0n) is 18.1. The number of benzene rings is 1. The van der Waals surface area contributed by atoms with Gasteiger partial charge in [0, 0.05) is 25.3 Å². The van der Waals surface area contributed by atoms with E-state index in [1.807, 2.05) is 0 Å². The molecule has 186 valence electrons. The van der Waals surface area contributed by atoms with Crippen LogP contribution >= 0.6 is 0 Å². The molecule has 0 saturated carbocycles. The predicted molar refractivity (Wildman–Crippen MR) is 109 cm³/mol. The molecule has 7 nitrogen and oxygen atoms in total. The third kappa shape index (κ3) is 7.57. The Labute approximate surface area is 186 Å². The molecule has 13 heteroatoms. The lowest BCUT2D eigenvalue weighted by Gasteiger charge is -2.32. The van der Waals surface area contributed by atoms with Crippen molar-refractivity contribution in [3.05, 3.63) is 23.8 Å². The Morgan fingerprint density at radius 2 is 1.91 bits per heavy atom. The summed E-state index contributed by atoms with van der Waals surface area (Å²) in [6.45, 7) is 0.980. The highest BCUT2D eigenvalue weighted by molar-refractivity contribution is 5.98. The zero-order valence-corrected chi connectivity index (χ0v) is 18.1. The van der Waals surface area contributed by atoms with Crippen LogP contribution in [-0.2, 0) is 20.5 Å². The number of morpholine rings is 1. The Kier molecular flexibility index (Phi) is 8.71. The highest BCUT2D eigenvalue weighted by Crippen LogP contribution is 2.38. The van der Waals surface area contributed by atoms with Crippen LogP contribution in [0.5, 0.6) is 0 Å². The number of nitrogens with one attached hydrogen (secondary N) is 1. The van der Waals surface area contributed by atoms with Crippen molar-refractivity contribution in [1.29, 1.82) is 0 Å². The van der Waals surface area contributed by atoms with E-state index in [0.29, 0.717) is 6.07 Å². The summed E-state index contributed by atoms with van der Waals surface area (Å²) in [6, 6.07) is 1.40. The summed E-state index contributed by atoms with van der Waals surface area (Å²) >= 11 is 0. The number of carbonyl (C=O) groups is 2. The van der Waals surface area contributed by atoms with Gasteiger partial charge in [0.2, 0.25) is 5.91 Å². The van der Waals surface area contributed by atoms with Gasteiger partial charge in [0.05, 0.1) is 24.4 Å². The molecule has 1 saturated heterocycles. The van der Waals surface area contributed by atoms with Gasteiger partial charge >= 0.3 is 12.4 Å². The van der Waals surface area contributed by atoms with Crippen molar-refractivity contribution < 1.29 is 40.7 Å². The molecule has 1 heterocycles. The van der Waals surface area contributed by atoms with Gasteiger partial charge in [0.1, 0.15) is 12.6 Å². The highest BCUT2D eigenvalue weighted by atomic mass is 19.4. The second-order valence-electron chi connectivity index (χ2n) is 8.01. The molecule has 0 radical (unpaired) electrons. The molecule has 1 aromatic rings. The van der Waals surface area contributed by atoms with E-state index in [2.05, 4.69) is 5.32 Å². The summed E-state index contributed by atoms with van der Waals surface area (Å²) in [7, 11) is 0. The van der Waals surface area contributed by atoms with Crippen LogP contribution in [0, 0.1) is 5.92 Å². The molecule has 1 atom stereocenters. The van der Waals surface area contributed by atoms with Crippen molar-refractivity contribution in [3.8, 4) is 0 Å². The lowest BCUT2D eigenvalue weighted by Crippen LogP contribution is -2.52. The molecule has 0 spiro atoms. The van der Waals surface area contributed by atoms with Crippen LogP contribution in [0.1, 0.15) is 19.4 Å². The number of ether oxygens (including phenoxy) is 1. The topological polar surface area (TPSA) is 87.9 Å². The smallest absolute Gasteiger partial charge is 0.370 e. The van der Waals surface area contributed by atoms with E-state index < -0.39 is 54.5 Å². The number of hydrogen-bond donors (Lipinski definition) is 2. The minimum absolute atomic E-state index is 0.0601. The monoisotopic (exact) mass is 484 g/mol. The summed E-state index contributed by atoms with van der Waals surface area (Å²) in [6.07, 6.45) is -9.46. The van der Waals surface area contributed by atoms with E-state index in [1.165, 1.54) is 0 Å². The first-order chi connectivity index (χ1) is 15.2. The molecule has 1 aliphatic heterocycles. The maximum Gasteiger partial charge on any atom is 0.418 e. The molecule has 1 fully saturated rings. The molecule has 0 aromatic heterocycles. The van der Waals surface area contributed by atoms with Gasteiger partial charge in [-0.3, -0.25) is 14.5 Å². The van der Waals surface area contributed by atoms with Crippen LogP contribution in [0.2, 0.25) is 0 Å². The van der Waals surface area contributed by atoms with E-state index in [4.69, 9.17) is 10.5 Å². The number of alkyl halides is 6. The third-order valence-electron chi connectivity index (χ3n) is 4.79. The predicted octanol–water partition coefficient (Wildman–Crippen LogP) is 2.85. The molecular formula is C20H26F6N4O3. The molecule has 2 amide bonds. The summed E-state index contributed by atoms with van der Waals surface area (Å²) in [5.41, 5.74) is 3.70. The molecule has 0 bridgehead atoms. The molecule has 1 aliphatic rings. The van der Waals surface area contributed by atoms with Gasteiger partial charge in [-0.25, -0.2) is 0 Å². The maximum absolute atomic E-state index is 13.7. The number of carbonyl (C=O) groups excluding carboxylic acids is 2. The number of nitrogens with two attached hydrogens (primary N) is 1. The summed E-state index contributed by atoms with van der Waals surface area (Å²) in [4.78, 5) is 26.5. The zero-order chi connectivity index (χ0) is 25.0. The van der Waals surface area contributed by atoms with Gasteiger partial charge in [-0.1, -0.05) is 13.8 Å². The molecular weight excluding hydrogens is 458 g/mol. The van der Waals surface area contributed by atoms with Crippen LogP contribution in [0.3, 0.4) is 0 Å². The molecule has 3 N–H and O–H groups in total. The first kappa shape index (κ1) is 26.9. The maximum atomic E-state index is 13.7. The Bertz CT molecular complexity index is 844. The quantitative estimate of drug-likeness (QED) is 0.555. The van der Waals surface area contributed by atoms with Crippen LogP contribution in [0.15, 0.2) is 18.2 Å². The fraction of sp³-hybridized carbons (Fsp3) is 0.600. The normalized spacial score (nSPS) is 16.5. The minimum atomic E-state index is -4.86. The summed E-state index contributed by atoms with van der Waals surface area (Å²) < 4.78 is 85.0. The number of halogens is 6. The van der Waals surface area contributed by atoms with Gasteiger partial charge in [-0.05, 0) is 24.1 Å². The first-order valence-electron chi connectivity index (χ1n) is 10.1. The Morgan fingerprint density at radius 1 is 1.24 bits per heavy atom. The Balaban J connectivity index is 2.32.